The van der Waals surface area contributed by atoms with Gasteiger partial charge in [0.1, 0.15) is 11.6 Å². The standard InChI is InChI=1S/C21H25FN4O/c22-16-3-1-2-15(10-16)19-4-5-20(25-24-19)23-21-17-12-26(13-18(17)21)11-14-6-8-27-9-7-14/h1-5,10,14,17-18,21H,6-9,11-13H2,(H,23,25)/t17-,18+,21?. The van der Waals surface area contributed by atoms with Gasteiger partial charge in [-0.1, -0.05) is 12.1 Å². The van der Waals surface area contributed by atoms with Crippen molar-refractivity contribution in [3.8, 4) is 11.3 Å². The Morgan fingerprint density at radius 3 is 2.59 bits per heavy atom. The van der Waals surface area contributed by atoms with Crippen molar-refractivity contribution >= 4 is 5.82 Å². The highest BCUT2D eigenvalue weighted by Crippen LogP contribution is 2.47. The minimum absolute atomic E-state index is 0.257. The van der Waals surface area contributed by atoms with Crippen LogP contribution in [0.15, 0.2) is 36.4 Å². The maximum Gasteiger partial charge on any atom is 0.148 e. The highest BCUT2D eigenvalue weighted by atomic mass is 19.1. The third kappa shape index (κ3) is 3.69. The first-order valence-electron chi connectivity index (χ1n) is 9.92. The molecule has 1 aliphatic carbocycles. The number of fused-ring (bicyclic) bond motifs is 1. The molecule has 3 heterocycles. The average Bonchev–Trinajstić information content (AvgIpc) is 3.13. The van der Waals surface area contributed by atoms with Crippen LogP contribution in [0.25, 0.3) is 11.3 Å². The van der Waals surface area contributed by atoms with Gasteiger partial charge in [-0.3, -0.25) is 0 Å². The SMILES string of the molecule is Fc1cccc(-c2ccc(NC3[C@H]4CN(CC5CCOCC5)C[C@@H]34)nn2)c1. The van der Waals surface area contributed by atoms with Crippen molar-refractivity contribution < 1.29 is 9.13 Å². The summed E-state index contributed by atoms with van der Waals surface area (Å²) >= 11 is 0. The zero-order valence-electron chi connectivity index (χ0n) is 15.4. The molecule has 142 valence electrons. The van der Waals surface area contributed by atoms with Crippen LogP contribution in [0.5, 0.6) is 0 Å². The average molecular weight is 368 g/mol. The van der Waals surface area contributed by atoms with Gasteiger partial charge in [-0.25, -0.2) is 4.39 Å². The van der Waals surface area contributed by atoms with E-state index in [-0.39, 0.29) is 5.82 Å². The minimum Gasteiger partial charge on any atom is -0.381 e. The molecule has 3 fully saturated rings. The van der Waals surface area contributed by atoms with Crippen LogP contribution >= 0.6 is 0 Å². The van der Waals surface area contributed by atoms with Crippen LogP contribution in [0.2, 0.25) is 0 Å². The molecule has 5 rings (SSSR count). The topological polar surface area (TPSA) is 50.3 Å². The van der Waals surface area contributed by atoms with E-state index >= 15 is 0 Å². The molecule has 2 saturated heterocycles. The number of halogens is 1. The van der Waals surface area contributed by atoms with E-state index in [0.29, 0.717) is 11.7 Å². The van der Waals surface area contributed by atoms with E-state index in [9.17, 15) is 4.39 Å². The number of piperidine rings is 1. The lowest BCUT2D eigenvalue weighted by Gasteiger charge is -2.28. The number of hydrogen-bond acceptors (Lipinski definition) is 5. The van der Waals surface area contributed by atoms with Gasteiger partial charge in [0.2, 0.25) is 0 Å². The molecule has 0 bridgehead atoms. The summed E-state index contributed by atoms with van der Waals surface area (Å²) in [5.41, 5.74) is 1.44. The van der Waals surface area contributed by atoms with E-state index in [2.05, 4.69) is 20.4 Å². The fourth-order valence-corrected chi connectivity index (χ4v) is 4.65. The van der Waals surface area contributed by atoms with Crippen molar-refractivity contribution in [2.45, 2.75) is 18.9 Å². The Balaban J connectivity index is 1.13. The first kappa shape index (κ1) is 17.1. The van der Waals surface area contributed by atoms with E-state index in [4.69, 9.17) is 4.74 Å². The number of benzene rings is 1. The largest absolute Gasteiger partial charge is 0.381 e. The Hall–Kier alpha value is -2.05. The lowest BCUT2D eigenvalue weighted by Crippen LogP contribution is -2.34. The molecule has 3 aliphatic rings. The van der Waals surface area contributed by atoms with E-state index in [1.807, 2.05) is 18.2 Å². The number of rotatable bonds is 5. The van der Waals surface area contributed by atoms with Gasteiger partial charge in [0.25, 0.3) is 0 Å². The van der Waals surface area contributed by atoms with Crippen LogP contribution in [0.1, 0.15) is 12.8 Å². The molecule has 0 radical (unpaired) electrons. The first-order chi connectivity index (χ1) is 13.3. The lowest BCUT2D eigenvalue weighted by atomic mass is 10.00. The number of nitrogens with one attached hydrogen (secondary N) is 1. The Kier molecular flexibility index (Phi) is 4.53. The van der Waals surface area contributed by atoms with Crippen LogP contribution in [-0.4, -0.2) is 54.0 Å². The van der Waals surface area contributed by atoms with Crippen LogP contribution < -0.4 is 5.32 Å². The van der Waals surface area contributed by atoms with E-state index in [1.165, 1.54) is 44.6 Å². The molecule has 1 N–H and O–H groups in total. The van der Waals surface area contributed by atoms with Crippen molar-refractivity contribution in [2.24, 2.45) is 17.8 Å². The third-order valence-electron chi connectivity index (χ3n) is 6.23. The number of ether oxygens (including phenoxy) is 1. The minimum atomic E-state index is -0.257. The molecule has 2 aliphatic heterocycles. The second-order valence-electron chi connectivity index (χ2n) is 8.09. The molecular formula is C21H25FN4O. The normalized spacial score (nSPS) is 28.1. The molecule has 1 aromatic carbocycles. The zero-order chi connectivity index (χ0) is 18.2. The molecule has 0 spiro atoms. The van der Waals surface area contributed by atoms with Gasteiger partial charge < -0.3 is 15.0 Å². The highest BCUT2D eigenvalue weighted by molar-refractivity contribution is 5.59. The van der Waals surface area contributed by atoms with Crippen molar-refractivity contribution in [2.75, 3.05) is 38.2 Å². The van der Waals surface area contributed by atoms with Gasteiger partial charge >= 0.3 is 0 Å². The van der Waals surface area contributed by atoms with Gasteiger partial charge in [-0.15, -0.1) is 10.2 Å². The summed E-state index contributed by atoms with van der Waals surface area (Å²) in [6.45, 7) is 5.47. The Morgan fingerprint density at radius 2 is 1.89 bits per heavy atom. The molecular weight excluding hydrogens is 343 g/mol. The summed E-state index contributed by atoms with van der Waals surface area (Å²) in [6, 6.07) is 10.8. The summed E-state index contributed by atoms with van der Waals surface area (Å²) in [4.78, 5) is 2.63. The molecule has 1 aromatic heterocycles. The van der Waals surface area contributed by atoms with Gasteiger partial charge in [0, 0.05) is 44.5 Å². The molecule has 1 saturated carbocycles. The van der Waals surface area contributed by atoms with Crippen molar-refractivity contribution in [3.05, 3.63) is 42.2 Å². The maximum absolute atomic E-state index is 13.4. The van der Waals surface area contributed by atoms with Crippen LogP contribution in [0.3, 0.4) is 0 Å². The number of anilines is 1. The second-order valence-corrected chi connectivity index (χ2v) is 8.09. The van der Waals surface area contributed by atoms with Gasteiger partial charge in [-0.2, -0.15) is 0 Å². The highest BCUT2D eigenvalue weighted by Gasteiger charge is 2.55. The molecule has 2 aromatic rings. The molecule has 5 nitrogen and oxygen atoms in total. The Labute approximate surface area is 158 Å². The maximum atomic E-state index is 13.4. The molecule has 0 amide bonds. The summed E-state index contributed by atoms with van der Waals surface area (Å²) in [7, 11) is 0. The second kappa shape index (κ2) is 7.17. The quantitative estimate of drug-likeness (QED) is 0.879. The summed E-state index contributed by atoms with van der Waals surface area (Å²) < 4.78 is 18.8. The van der Waals surface area contributed by atoms with E-state index in [1.54, 1.807) is 6.07 Å². The summed E-state index contributed by atoms with van der Waals surface area (Å²) in [5, 5.41) is 12.1. The predicted octanol–water partition coefficient (Wildman–Crippen LogP) is 3.05. The summed E-state index contributed by atoms with van der Waals surface area (Å²) in [5.74, 6) is 2.83. The monoisotopic (exact) mass is 368 g/mol. The zero-order valence-corrected chi connectivity index (χ0v) is 15.4. The van der Waals surface area contributed by atoms with E-state index in [0.717, 1.165) is 42.3 Å². The van der Waals surface area contributed by atoms with Crippen LogP contribution in [0, 0.1) is 23.6 Å². The Morgan fingerprint density at radius 1 is 1.07 bits per heavy atom. The lowest BCUT2D eigenvalue weighted by molar-refractivity contribution is 0.0540. The summed E-state index contributed by atoms with van der Waals surface area (Å²) in [6.07, 6.45) is 2.42. The molecule has 1 unspecified atom stereocenters. The van der Waals surface area contributed by atoms with Crippen molar-refractivity contribution in [1.82, 2.24) is 15.1 Å². The number of nitrogens with zero attached hydrogens (tertiary/aromatic N) is 3. The third-order valence-corrected chi connectivity index (χ3v) is 6.23. The fourth-order valence-electron chi connectivity index (χ4n) is 4.65. The van der Waals surface area contributed by atoms with Crippen molar-refractivity contribution in [1.29, 1.82) is 0 Å². The fraction of sp³-hybridized carbons (Fsp3) is 0.524. The van der Waals surface area contributed by atoms with Gasteiger partial charge in [0.05, 0.1) is 5.69 Å². The smallest absolute Gasteiger partial charge is 0.148 e. The first-order valence-corrected chi connectivity index (χ1v) is 9.92. The van der Waals surface area contributed by atoms with Crippen LogP contribution in [0.4, 0.5) is 10.2 Å². The number of aromatic nitrogens is 2. The van der Waals surface area contributed by atoms with Gasteiger partial charge in [0.15, 0.2) is 0 Å². The molecule has 6 heteroatoms. The van der Waals surface area contributed by atoms with Crippen molar-refractivity contribution in [3.63, 3.8) is 0 Å². The molecule has 27 heavy (non-hydrogen) atoms. The van der Waals surface area contributed by atoms with Crippen LogP contribution in [-0.2, 0) is 4.74 Å². The molecule has 3 atom stereocenters. The number of likely N-dealkylation sites (tertiary alicyclic amines) is 1. The van der Waals surface area contributed by atoms with E-state index < -0.39 is 0 Å². The predicted molar refractivity (Wildman–Crippen MR) is 102 cm³/mol. The van der Waals surface area contributed by atoms with Gasteiger partial charge in [-0.05, 0) is 54.9 Å². The Bertz CT molecular complexity index is 781. The number of hydrogen-bond donors (Lipinski definition) is 1.